The van der Waals surface area contributed by atoms with E-state index >= 15 is 0 Å². The maximum Gasteiger partial charge on any atom is 0.0764 e. The molecule has 2 heterocycles. The smallest absolute Gasteiger partial charge is 0.0764 e. The summed E-state index contributed by atoms with van der Waals surface area (Å²) in [4.78, 5) is 2.75. The van der Waals surface area contributed by atoms with Gasteiger partial charge in [0.2, 0.25) is 0 Å². The van der Waals surface area contributed by atoms with E-state index in [1.807, 2.05) is 22.7 Å². The van der Waals surface area contributed by atoms with Crippen molar-refractivity contribution in [3.8, 4) is 0 Å². The molecule has 0 amide bonds. The van der Waals surface area contributed by atoms with Crippen molar-refractivity contribution in [3.63, 3.8) is 0 Å². The Hall–Kier alpha value is -0.680. The SMILES string of the molecule is OC1CCC(CNC(c2cccs2)c2cccs2)C1. The molecule has 2 aromatic heterocycles. The van der Waals surface area contributed by atoms with Gasteiger partial charge < -0.3 is 10.4 Å². The van der Waals surface area contributed by atoms with E-state index in [1.165, 1.54) is 9.75 Å². The van der Waals surface area contributed by atoms with E-state index in [-0.39, 0.29) is 6.10 Å². The lowest BCUT2D eigenvalue weighted by Crippen LogP contribution is -2.26. The molecular weight excluding hydrogens is 274 g/mol. The van der Waals surface area contributed by atoms with Crippen molar-refractivity contribution in [2.75, 3.05) is 6.54 Å². The van der Waals surface area contributed by atoms with E-state index < -0.39 is 0 Å². The van der Waals surface area contributed by atoms with E-state index in [2.05, 4.69) is 40.3 Å². The Bertz CT molecular complexity index is 446. The third-order valence-electron chi connectivity index (χ3n) is 3.78. The molecule has 102 valence electrons. The first kappa shape index (κ1) is 13.3. The van der Waals surface area contributed by atoms with Crippen LogP contribution in [0, 0.1) is 5.92 Å². The van der Waals surface area contributed by atoms with E-state index in [4.69, 9.17) is 0 Å². The van der Waals surface area contributed by atoms with Crippen LogP contribution in [-0.2, 0) is 0 Å². The minimum absolute atomic E-state index is 0.0753. The Balaban J connectivity index is 1.67. The van der Waals surface area contributed by atoms with E-state index in [9.17, 15) is 5.11 Å². The van der Waals surface area contributed by atoms with Crippen LogP contribution in [0.2, 0.25) is 0 Å². The van der Waals surface area contributed by atoms with Gasteiger partial charge in [-0.05, 0) is 54.6 Å². The number of nitrogens with one attached hydrogen (secondary N) is 1. The Kier molecular flexibility index (Phi) is 4.33. The van der Waals surface area contributed by atoms with Gasteiger partial charge in [-0.25, -0.2) is 0 Å². The van der Waals surface area contributed by atoms with Crippen LogP contribution in [0.5, 0.6) is 0 Å². The van der Waals surface area contributed by atoms with Crippen molar-refractivity contribution in [3.05, 3.63) is 44.8 Å². The zero-order valence-electron chi connectivity index (χ0n) is 10.8. The maximum atomic E-state index is 9.61. The third-order valence-corrected chi connectivity index (χ3v) is 5.65. The molecule has 2 aromatic rings. The molecule has 19 heavy (non-hydrogen) atoms. The van der Waals surface area contributed by atoms with Crippen molar-refractivity contribution >= 4 is 22.7 Å². The number of aliphatic hydroxyl groups excluding tert-OH is 1. The zero-order chi connectivity index (χ0) is 13.1. The van der Waals surface area contributed by atoms with E-state index in [0.717, 1.165) is 25.8 Å². The Morgan fingerprint density at radius 1 is 1.16 bits per heavy atom. The first-order chi connectivity index (χ1) is 9.33. The topological polar surface area (TPSA) is 32.3 Å². The second kappa shape index (κ2) is 6.18. The van der Waals surface area contributed by atoms with Crippen LogP contribution < -0.4 is 5.32 Å². The van der Waals surface area contributed by atoms with Crippen LogP contribution in [0.4, 0.5) is 0 Å². The molecule has 0 aromatic carbocycles. The molecule has 0 spiro atoms. The van der Waals surface area contributed by atoms with Gasteiger partial charge in [-0.15, -0.1) is 22.7 Å². The monoisotopic (exact) mass is 293 g/mol. The molecule has 2 nitrogen and oxygen atoms in total. The summed E-state index contributed by atoms with van der Waals surface area (Å²) in [6.07, 6.45) is 2.99. The second-order valence-electron chi connectivity index (χ2n) is 5.21. The quantitative estimate of drug-likeness (QED) is 0.882. The van der Waals surface area contributed by atoms with Crippen LogP contribution >= 0.6 is 22.7 Å². The molecular formula is C15H19NOS2. The molecule has 2 unspecified atom stereocenters. The van der Waals surface area contributed by atoms with Crippen LogP contribution in [-0.4, -0.2) is 17.8 Å². The highest BCUT2D eigenvalue weighted by molar-refractivity contribution is 7.11. The van der Waals surface area contributed by atoms with Crippen molar-refractivity contribution in [1.82, 2.24) is 5.32 Å². The summed E-state index contributed by atoms with van der Waals surface area (Å²) in [5.74, 6) is 0.623. The average molecular weight is 293 g/mol. The summed E-state index contributed by atoms with van der Waals surface area (Å²) < 4.78 is 0. The van der Waals surface area contributed by atoms with E-state index in [1.54, 1.807) is 0 Å². The summed E-state index contributed by atoms with van der Waals surface area (Å²) >= 11 is 3.61. The molecule has 1 saturated carbocycles. The molecule has 1 aliphatic carbocycles. The van der Waals surface area contributed by atoms with Gasteiger partial charge in [0.15, 0.2) is 0 Å². The summed E-state index contributed by atoms with van der Waals surface area (Å²) in [6, 6.07) is 8.94. The van der Waals surface area contributed by atoms with Gasteiger partial charge in [0.05, 0.1) is 12.1 Å². The van der Waals surface area contributed by atoms with Gasteiger partial charge in [0, 0.05) is 9.75 Å². The Labute approximate surface area is 122 Å². The highest BCUT2D eigenvalue weighted by Crippen LogP contribution is 2.31. The fourth-order valence-corrected chi connectivity index (χ4v) is 4.48. The molecule has 0 radical (unpaired) electrons. The lowest BCUT2D eigenvalue weighted by Gasteiger charge is -2.19. The fraction of sp³-hybridized carbons (Fsp3) is 0.467. The van der Waals surface area contributed by atoms with Gasteiger partial charge in [0.25, 0.3) is 0 Å². The first-order valence-corrected chi connectivity index (χ1v) is 8.57. The number of aliphatic hydroxyl groups is 1. The van der Waals surface area contributed by atoms with E-state index in [0.29, 0.717) is 12.0 Å². The molecule has 1 aliphatic rings. The Morgan fingerprint density at radius 2 is 1.84 bits per heavy atom. The minimum atomic E-state index is -0.0753. The van der Waals surface area contributed by atoms with Crippen molar-refractivity contribution < 1.29 is 5.11 Å². The highest BCUT2D eigenvalue weighted by atomic mass is 32.1. The lowest BCUT2D eigenvalue weighted by atomic mass is 10.1. The second-order valence-corrected chi connectivity index (χ2v) is 7.16. The highest BCUT2D eigenvalue weighted by Gasteiger charge is 2.24. The largest absolute Gasteiger partial charge is 0.393 e. The number of hydrogen-bond donors (Lipinski definition) is 2. The normalized spacial score (nSPS) is 23.3. The number of rotatable bonds is 5. The summed E-state index contributed by atoms with van der Waals surface area (Å²) in [6.45, 7) is 0.998. The standard InChI is InChI=1S/C15H19NOS2/c17-12-6-5-11(9-12)10-16-15(13-3-1-7-18-13)14-4-2-8-19-14/h1-4,7-8,11-12,15-17H,5-6,9-10H2. The average Bonchev–Trinajstić information content (AvgIpc) is 3.11. The lowest BCUT2D eigenvalue weighted by molar-refractivity contribution is 0.177. The molecule has 0 aliphatic heterocycles. The van der Waals surface area contributed by atoms with Gasteiger partial charge in [-0.2, -0.15) is 0 Å². The van der Waals surface area contributed by atoms with Crippen LogP contribution in [0.25, 0.3) is 0 Å². The molecule has 3 rings (SSSR count). The van der Waals surface area contributed by atoms with Crippen molar-refractivity contribution in [1.29, 1.82) is 0 Å². The molecule has 0 bridgehead atoms. The van der Waals surface area contributed by atoms with Crippen LogP contribution in [0.3, 0.4) is 0 Å². The van der Waals surface area contributed by atoms with Gasteiger partial charge >= 0.3 is 0 Å². The summed E-state index contributed by atoms with van der Waals surface area (Å²) in [5, 5.41) is 17.6. The van der Waals surface area contributed by atoms with Gasteiger partial charge in [-0.3, -0.25) is 0 Å². The molecule has 0 saturated heterocycles. The third kappa shape index (κ3) is 3.26. The maximum absolute atomic E-state index is 9.61. The summed E-state index contributed by atoms with van der Waals surface area (Å²) in [7, 11) is 0. The van der Waals surface area contributed by atoms with Crippen LogP contribution in [0.15, 0.2) is 35.0 Å². The van der Waals surface area contributed by atoms with Gasteiger partial charge in [0.1, 0.15) is 0 Å². The fourth-order valence-electron chi connectivity index (χ4n) is 2.77. The number of thiophene rings is 2. The zero-order valence-corrected chi connectivity index (χ0v) is 12.4. The van der Waals surface area contributed by atoms with Crippen molar-refractivity contribution in [2.45, 2.75) is 31.4 Å². The molecule has 2 atom stereocenters. The predicted octanol–water partition coefficient (Wildman–Crippen LogP) is 3.65. The Morgan fingerprint density at radius 3 is 2.32 bits per heavy atom. The van der Waals surface area contributed by atoms with Gasteiger partial charge in [-0.1, -0.05) is 12.1 Å². The summed E-state index contributed by atoms with van der Waals surface area (Å²) in [5.41, 5.74) is 0. The number of hydrogen-bond acceptors (Lipinski definition) is 4. The molecule has 2 N–H and O–H groups in total. The predicted molar refractivity (Wildman–Crippen MR) is 81.8 cm³/mol. The molecule has 1 fully saturated rings. The van der Waals surface area contributed by atoms with Crippen molar-refractivity contribution in [2.24, 2.45) is 5.92 Å². The first-order valence-electron chi connectivity index (χ1n) is 6.81. The van der Waals surface area contributed by atoms with Crippen LogP contribution in [0.1, 0.15) is 35.1 Å². The molecule has 4 heteroatoms. The minimum Gasteiger partial charge on any atom is -0.393 e.